The average molecular weight is 268 g/mol. The molecule has 0 aromatic heterocycles. The van der Waals surface area contributed by atoms with Gasteiger partial charge in [-0.05, 0) is 61.7 Å². The van der Waals surface area contributed by atoms with Crippen LogP contribution in [0, 0.1) is 31.0 Å². The summed E-state index contributed by atoms with van der Waals surface area (Å²) in [5, 5.41) is 12.2. The van der Waals surface area contributed by atoms with Crippen LogP contribution in [-0.4, -0.2) is 0 Å². The third-order valence-corrected chi connectivity index (χ3v) is 3.43. The Labute approximate surface area is 118 Å². The molecule has 0 aliphatic carbocycles. The summed E-state index contributed by atoms with van der Waals surface area (Å²) in [7, 11) is 0. The van der Waals surface area contributed by atoms with E-state index in [1.807, 2.05) is 32.0 Å². The van der Waals surface area contributed by atoms with E-state index < -0.39 is 0 Å². The maximum Gasteiger partial charge on any atom is 0.126 e. The van der Waals surface area contributed by atoms with Gasteiger partial charge in [-0.1, -0.05) is 12.1 Å². The third-order valence-electron chi connectivity index (χ3n) is 3.43. The van der Waals surface area contributed by atoms with Crippen molar-refractivity contribution in [2.75, 3.05) is 5.32 Å². The van der Waals surface area contributed by atoms with Crippen molar-refractivity contribution >= 4 is 5.69 Å². The van der Waals surface area contributed by atoms with Crippen molar-refractivity contribution in [3.8, 4) is 6.07 Å². The zero-order valence-corrected chi connectivity index (χ0v) is 11.9. The van der Waals surface area contributed by atoms with Gasteiger partial charge in [0, 0.05) is 11.7 Å². The summed E-state index contributed by atoms with van der Waals surface area (Å²) in [4.78, 5) is 0. The Morgan fingerprint density at radius 3 is 2.45 bits per heavy atom. The van der Waals surface area contributed by atoms with Gasteiger partial charge in [0.05, 0.1) is 11.6 Å². The number of nitrogens with one attached hydrogen (secondary N) is 1. The van der Waals surface area contributed by atoms with Crippen molar-refractivity contribution in [2.45, 2.75) is 26.8 Å². The lowest BCUT2D eigenvalue weighted by atomic mass is 10.0. The number of hydrogen-bond acceptors (Lipinski definition) is 2. The molecule has 0 fully saturated rings. The molecule has 1 N–H and O–H groups in total. The highest BCUT2D eigenvalue weighted by Crippen LogP contribution is 2.22. The van der Waals surface area contributed by atoms with Gasteiger partial charge < -0.3 is 5.32 Å². The minimum Gasteiger partial charge on any atom is -0.379 e. The van der Waals surface area contributed by atoms with Crippen LogP contribution < -0.4 is 5.32 Å². The lowest BCUT2D eigenvalue weighted by Crippen LogP contribution is -2.07. The highest BCUT2D eigenvalue weighted by atomic mass is 19.1. The molecule has 2 nitrogen and oxygen atoms in total. The molecule has 1 unspecified atom stereocenters. The second-order valence-corrected chi connectivity index (χ2v) is 5.02. The Morgan fingerprint density at radius 2 is 1.85 bits per heavy atom. The summed E-state index contributed by atoms with van der Waals surface area (Å²) in [6.07, 6.45) is 0. The van der Waals surface area contributed by atoms with Crippen molar-refractivity contribution in [1.82, 2.24) is 0 Å². The van der Waals surface area contributed by atoms with Crippen LogP contribution >= 0.6 is 0 Å². The number of benzene rings is 2. The summed E-state index contributed by atoms with van der Waals surface area (Å²) in [6, 6.07) is 13.0. The van der Waals surface area contributed by atoms with Crippen molar-refractivity contribution in [2.24, 2.45) is 0 Å². The number of anilines is 1. The Balaban J connectivity index is 2.19. The largest absolute Gasteiger partial charge is 0.379 e. The van der Waals surface area contributed by atoms with E-state index in [2.05, 4.69) is 11.4 Å². The van der Waals surface area contributed by atoms with Gasteiger partial charge >= 0.3 is 0 Å². The van der Waals surface area contributed by atoms with E-state index in [4.69, 9.17) is 5.26 Å². The van der Waals surface area contributed by atoms with Crippen molar-refractivity contribution < 1.29 is 4.39 Å². The second-order valence-electron chi connectivity index (χ2n) is 5.02. The molecule has 0 heterocycles. The monoisotopic (exact) mass is 268 g/mol. The minimum atomic E-state index is -0.188. The van der Waals surface area contributed by atoms with E-state index in [-0.39, 0.29) is 11.9 Å². The molecule has 102 valence electrons. The molecular formula is C17H17FN2. The van der Waals surface area contributed by atoms with Crippen LogP contribution in [0.15, 0.2) is 36.4 Å². The number of hydrogen-bond donors (Lipinski definition) is 1. The lowest BCUT2D eigenvalue weighted by molar-refractivity contribution is 0.614. The van der Waals surface area contributed by atoms with E-state index in [0.717, 1.165) is 16.8 Å². The zero-order chi connectivity index (χ0) is 14.7. The fourth-order valence-corrected chi connectivity index (χ4v) is 2.09. The van der Waals surface area contributed by atoms with Gasteiger partial charge in [0.1, 0.15) is 5.82 Å². The third kappa shape index (κ3) is 2.97. The molecule has 0 amide bonds. The maximum atomic E-state index is 13.6. The van der Waals surface area contributed by atoms with Crippen LogP contribution in [0.4, 0.5) is 10.1 Å². The summed E-state index contributed by atoms with van der Waals surface area (Å²) in [5.74, 6) is -0.188. The Bertz CT molecular complexity index is 671. The molecule has 0 bridgehead atoms. The molecule has 3 heteroatoms. The molecule has 2 aromatic rings. The van der Waals surface area contributed by atoms with E-state index >= 15 is 0 Å². The molecule has 2 rings (SSSR count). The zero-order valence-electron chi connectivity index (χ0n) is 11.9. The number of nitriles is 1. The molecule has 1 atom stereocenters. The van der Waals surface area contributed by atoms with Crippen molar-refractivity contribution in [3.05, 3.63) is 64.5 Å². The highest BCUT2D eigenvalue weighted by Gasteiger charge is 2.08. The van der Waals surface area contributed by atoms with Gasteiger partial charge in [0.2, 0.25) is 0 Å². The van der Waals surface area contributed by atoms with E-state index in [1.54, 1.807) is 25.1 Å². The number of nitrogens with zero attached hydrogens (tertiary/aromatic N) is 1. The van der Waals surface area contributed by atoms with Crippen LogP contribution in [0.25, 0.3) is 0 Å². The molecular weight excluding hydrogens is 251 g/mol. The SMILES string of the molecule is Cc1ccc(C(C)Nc2ccc(C#N)c(C)c2)cc1F. The molecule has 0 saturated heterocycles. The van der Waals surface area contributed by atoms with E-state index in [0.29, 0.717) is 11.1 Å². The first kappa shape index (κ1) is 14.1. The highest BCUT2D eigenvalue weighted by molar-refractivity contribution is 5.52. The smallest absolute Gasteiger partial charge is 0.126 e. The lowest BCUT2D eigenvalue weighted by Gasteiger charge is -2.17. The van der Waals surface area contributed by atoms with Gasteiger partial charge in [-0.3, -0.25) is 0 Å². The number of aryl methyl sites for hydroxylation is 2. The molecule has 2 aromatic carbocycles. The van der Waals surface area contributed by atoms with E-state index in [1.165, 1.54) is 0 Å². The topological polar surface area (TPSA) is 35.8 Å². The normalized spacial score (nSPS) is 11.8. The minimum absolute atomic E-state index is 0.00237. The van der Waals surface area contributed by atoms with Crippen LogP contribution in [0.3, 0.4) is 0 Å². The first-order chi connectivity index (χ1) is 9.51. The predicted octanol–water partition coefficient (Wildman–Crippen LogP) is 4.49. The summed E-state index contributed by atoms with van der Waals surface area (Å²) in [6.45, 7) is 5.64. The van der Waals surface area contributed by atoms with E-state index in [9.17, 15) is 4.39 Å². The van der Waals surface area contributed by atoms with Gasteiger partial charge in [0.25, 0.3) is 0 Å². The first-order valence-corrected chi connectivity index (χ1v) is 6.54. The van der Waals surface area contributed by atoms with Crippen LogP contribution in [-0.2, 0) is 0 Å². The Hall–Kier alpha value is -2.34. The maximum absolute atomic E-state index is 13.6. The molecule has 0 radical (unpaired) electrons. The van der Waals surface area contributed by atoms with Crippen molar-refractivity contribution in [1.29, 1.82) is 5.26 Å². The summed E-state index contributed by atoms with van der Waals surface area (Å²) < 4.78 is 13.6. The molecule has 0 spiro atoms. The van der Waals surface area contributed by atoms with Gasteiger partial charge in [0.15, 0.2) is 0 Å². The average Bonchev–Trinajstić information content (AvgIpc) is 2.42. The Morgan fingerprint density at radius 1 is 1.10 bits per heavy atom. The van der Waals surface area contributed by atoms with Gasteiger partial charge in [-0.15, -0.1) is 0 Å². The summed E-state index contributed by atoms with van der Waals surface area (Å²) in [5.41, 5.74) is 4.07. The van der Waals surface area contributed by atoms with Crippen LogP contribution in [0.2, 0.25) is 0 Å². The van der Waals surface area contributed by atoms with Crippen LogP contribution in [0.1, 0.15) is 35.2 Å². The van der Waals surface area contributed by atoms with Gasteiger partial charge in [-0.2, -0.15) is 5.26 Å². The number of rotatable bonds is 3. The molecule has 0 aliphatic heterocycles. The predicted molar refractivity (Wildman–Crippen MR) is 79.1 cm³/mol. The summed E-state index contributed by atoms with van der Waals surface area (Å²) >= 11 is 0. The standard InChI is InChI=1S/C17H17FN2/c1-11-4-5-14(9-17(11)18)13(3)20-16-7-6-15(10-19)12(2)8-16/h4-9,13,20H,1-3H3. The number of halogens is 1. The molecule has 0 saturated carbocycles. The van der Waals surface area contributed by atoms with Crippen molar-refractivity contribution in [3.63, 3.8) is 0 Å². The molecule has 20 heavy (non-hydrogen) atoms. The Kier molecular flexibility index (Phi) is 4.05. The fourth-order valence-electron chi connectivity index (χ4n) is 2.09. The quantitative estimate of drug-likeness (QED) is 0.890. The fraction of sp³-hybridized carbons (Fsp3) is 0.235. The molecule has 0 aliphatic rings. The second kappa shape index (κ2) is 5.75. The van der Waals surface area contributed by atoms with Gasteiger partial charge in [-0.25, -0.2) is 4.39 Å². The first-order valence-electron chi connectivity index (χ1n) is 6.54. The van der Waals surface area contributed by atoms with Crippen LogP contribution in [0.5, 0.6) is 0 Å².